The Morgan fingerprint density at radius 1 is 1.44 bits per heavy atom. The van der Waals surface area contributed by atoms with Crippen LogP contribution < -0.4 is 10.1 Å². The van der Waals surface area contributed by atoms with Gasteiger partial charge in [0.15, 0.2) is 0 Å². The summed E-state index contributed by atoms with van der Waals surface area (Å²) in [6.45, 7) is 3.21. The number of hydrogen-bond acceptors (Lipinski definition) is 4. The van der Waals surface area contributed by atoms with Gasteiger partial charge < -0.3 is 10.1 Å². The quantitative estimate of drug-likeness (QED) is 0.794. The van der Waals surface area contributed by atoms with Crippen LogP contribution in [0.25, 0.3) is 0 Å². The normalized spacial score (nSPS) is 17.1. The molecule has 0 amide bonds. The van der Waals surface area contributed by atoms with Gasteiger partial charge in [-0.05, 0) is 25.8 Å². The summed E-state index contributed by atoms with van der Waals surface area (Å²) in [5.41, 5.74) is 0.961. The number of hydrogen-bond donors (Lipinski definition) is 1. The Morgan fingerprint density at radius 2 is 2.19 bits per heavy atom. The van der Waals surface area contributed by atoms with Gasteiger partial charge in [-0.25, -0.2) is 4.98 Å². The van der Waals surface area contributed by atoms with Crippen molar-refractivity contribution in [3.63, 3.8) is 0 Å². The van der Waals surface area contributed by atoms with Crippen molar-refractivity contribution in [1.82, 2.24) is 15.3 Å². The molecule has 1 unspecified atom stereocenters. The zero-order valence-electron chi connectivity index (χ0n) is 9.94. The maximum absolute atomic E-state index is 5.21. The summed E-state index contributed by atoms with van der Waals surface area (Å²) >= 11 is 0. The van der Waals surface area contributed by atoms with Crippen molar-refractivity contribution in [3.8, 4) is 5.88 Å². The molecule has 1 heterocycles. The Labute approximate surface area is 96.4 Å². The minimum atomic E-state index is 0.384. The summed E-state index contributed by atoms with van der Waals surface area (Å²) < 4.78 is 5.21. The number of nitrogens with one attached hydrogen (secondary N) is 1. The van der Waals surface area contributed by atoms with Crippen LogP contribution in [0, 0.1) is 0 Å². The topological polar surface area (TPSA) is 47.0 Å². The van der Waals surface area contributed by atoms with E-state index in [4.69, 9.17) is 4.74 Å². The van der Waals surface area contributed by atoms with Crippen LogP contribution in [0.5, 0.6) is 5.88 Å². The van der Waals surface area contributed by atoms with E-state index in [0.717, 1.165) is 24.7 Å². The molecule has 1 atom stereocenters. The molecule has 1 aliphatic rings. The molecule has 2 rings (SSSR count). The molecule has 1 N–H and O–H groups in total. The highest BCUT2D eigenvalue weighted by Gasteiger charge is 2.21. The van der Waals surface area contributed by atoms with Gasteiger partial charge in [0.2, 0.25) is 5.88 Å². The van der Waals surface area contributed by atoms with Crippen LogP contribution >= 0.6 is 0 Å². The second-order valence-corrected chi connectivity index (χ2v) is 4.37. The monoisotopic (exact) mass is 221 g/mol. The highest BCUT2D eigenvalue weighted by atomic mass is 16.5. The fourth-order valence-electron chi connectivity index (χ4n) is 1.76. The van der Waals surface area contributed by atoms with Gasteiger partial charge in [-0.15, -0.1) is 0 Å². The molecule has 0 radical (unpaired) electrons. The molecule has 1 fully saturated rings. The van der Waals surface area contributed by atoms with Crippen LogP contribution in [0.4, 0.5) is 0 Å². The lowest BCUT2D eigenvalue weighted by atomic mass is 10.0. The lowest BCUT2D eigenvalue weighted by molar-refractivity contribution is 0.383. The predicted octanol–water partition coefficient (Wildman–Crippen LogP) is 1.73. The summed E-state index contributed by atoms with van der Waals surface area (Å²) in [5, 5.41) is 3.51. The van der Waals surface area contributed by atoms with Crippen molar-refractivity contribution >= 4 is 0 Å². The van der Waals surface area contributed by atoms with E-state index in [0.29, 0.717) is 11.8 Å². The van der Waals surface area contributed by atoms with Gasteiger partial charge in [0, 0.05) is 24.4 Å². The molecule has 4 heteroatoms. The van der Waals surface area contributed by atoms with E-state index in [1.165, 1.54) is 12.8 Å². The predicted molar refractivity (Wildman–Crippen MR) is 62.6 cm³/mol. The van der Waals surface area contributed by atoms with E-state index in [2.05, 4.69) is 22.2 Å². The van der Waals surface area contributed by atoms with Crippen LogP contribution in [0.2, 0.25) is 0 Å². The number of methoxy groups -OCH3 is 1. The molecule has 0 aliphatic heterocycles. The van der Waals surface area contributed by atoms with Crippen molar-refractivity contribution in [2.75, 3.05) is 13.7 Å². The first kappa shape index (κ1) is 11.3. The Bertz CT molecular complexity index is 339. The van der Waals surface area contributed by atoms with Gasteiger partial charge in [0.25, 0.3) is 0 Å². The molecule has 1 aliphatic carbocycles. The minimum absolute atomic E-state index is 0.384. The summed E-state index contributed by atoms with van der Waals surface area (Å²) in [4.78, 5) is 8.52. The van der Waals surface area contributed by atoms with Gasteiger partial charge in [-0.1, -0.05) is 6.92 Å². The third-order valence-corrected chi connectivity index (χ3v) is 2.94. The Morgan fingerprint density at radius 3 is 2.88 bits per heavy atom. The Kier molecular flexibility index (Phi) is 3.72. The van der Waals surface area contributed by atoms with E-state index < -0.39 is 0 Å². The lowest BCUT2D eigenvalue weighted by Crippen LogP contribution is -2.19. The third kappa shape index (κ3) is 2.92. The molecule has 0 spiro atoms. The maximum atomic E-state index is 5.21. The SMILES string of the molecule is COc1nccnc1C(C)CCNC1CC1. The number of rotatable bonds is 6. The highest BCUT2D eigenvalue weighted by molar-refractivity contribution is 5.20. The molecule has 0 aromatic carbocycles. The lowest BCUT2D eigenvalue weighted by Gasteiger charge is -2.13. The van der Waals surface area contributed by atoms with Crippen molar-refractivity contribution in [1.29, 1.82) is 0 Å². The minimum Gasteiger partial charge on any atom is -0.480 e. The van der Waals surface area contributed by atoms with E-state index in [9.17, 15) is 0 Å². The average Bonchev–Trinajstić information content (AvgIpc) is 3.13. The van der Waals surface area contributed by atoms with Crippen LogP contribution in [0.3, 0.4) is 0 Å². The zero-order chi connectivity index (χ0) is 11.4. The fourth-order valence-corrected chi connectivity index (χ4v) is 1.76. The van der Waals surface area contributed by atoms with Gasteiger partial charge in [-0.3, -0.25) is 4.98 Å². The molecular weight excluding hydrogens is 202 g/mol. The summed E-state index contributed by atoms with van der Waals surface area (Å²) in [6.07, 6.45) is 7.14. The maximum Gasteiger partial charge on any atom is 0.235 e. The van der Waals surface area contributed by atoms with E-state index >= 15 is 0 Å². The average molecular weight is 221 g/mol. The first-order valence-corrected chi connectivity index (χ1v) is 5.89. The molecule has 1 aromatic rings. The summed E-state index contributed by atoms with van der Waals surface area (Å²) in [5.74, 6) is 1.04. The summed E-state index contributed by atoms with van der Waals surface area (Å²) in [7, 11) is 1.64. The first-order chi connectivity index (χ1) is 7.81. The molecule has 4 nitrogen and oxygen atoms in total. The third-order valence-electron chi connectivity index (χ3n) is 2.94. The highest BCUT2D eigenvalue weighted by Crippen LogP contribution is 2.24. The van der Waals surface area contributed by atoms with Crippen molar-refractivity contribution in [2.45, 2.75) is 38.1 Å². The van der Waals surface area contributed by atoms with Crippen LogP contribution in [-0.2, 0) is 0 Å². The molecular formula is C12H19N3O. The van der Waals surface area contributed by atoms with Gasteiger partial charge in [0.1, 0.15) is 5.69 Å². The second-order valence-electron chi connectivity index (χ2n) is 4.37. The first-order valence-electron chi connectivity index (χ1n) is 5.89. The number of aromatic nitrogens is 2. The van der Waals surface area contributed by atoms with Gasteiger partial charge in [0.05, 0.1) is 7.11 Å². The number of ether oxygens (including phenoxy) is 1. The van der Waals surface area contributed by atoms with Crippen molar-refractivity contribution in [3.05, 3.63) is 18.1 Å². The van der Waals surface area contributed by atoms with Crippen LogP contribution in [0.15, 0.2) is 12.4 Å². The molecule has 0 bridgehead atoms. The standard InChI is InChI=1S/C12H19N3O/c1-9(5-6-13-10-3-4-10)11-12(16-2)15-8-7-14-11/h7-10,13H,3-6H2,1-2H3. The van der Waals surface area contributed by atoms with E-state index in [1.54, 1.807) is 19.5 Å². The molecule has 1 aromatic heterocycles. The van der Waals surface area contributed by atoms with Crippen LogP contribution in [0.1, 0.15) is 37.8 Å². The fraction of sp³-hybridized carbons (Fsp3) is 0.667. The van der Waals surface area contributed by atoms with Gasteiger partial charge >= 0.3 is 0 Å². The van der Waals surface area contributed by atoms with Crippen LogP contribution in [-0.4, -0.2) is 29.7 Å². The molecule has 88 valence electrons. The Hall–Kier alpha value is -1.16. The largest absolute Gasteiger partial charge is 0.480 e. The smallest absolute Gasteiger partial charge is 0.235 e. The number of nitrogens with zero attached hydrogens (tertiary/aromatic N) is 2. The van der Waals surface area contributed by atoms with E-state index in [1.807, 2.05) is 0 Å². The van der Waals surface area contributed by atoms with Crippen molar-refractivity contribution < 1.29 is 4.74 Å². The Balaban J connectivity index is 1.87. The second kappa shape index (κ2) is 5.25. The van der Waals surface area contributed by atoms with E-state index in [-0.39, 0.29) is 0 Å². The summed E-state index contributed by atoms with van der Waals surface area (Å²) in [6, 6.07) is 0.774. The molecule has 1 saturated carbocycles. The molecule has 0 saturated heterocycles. The molecule has 16 heavy (non-hydrogen) atoms. The van der Waals surface area contributed by atoms with Gasteiger partial charge in [-0.2, -0.15) is 0 Å². The zero-order valence-corrected chi connectivity index (χ0v) is 9.94. The van der Waals surface area contributed by atoms with Crippen molar-refractivity contribution in [2.24, 2.45) is 0 Å².